The summed E-state index contributed by atoms with van der Waals surface area (Å²) in [5, 5.41) is 0. The van der Waals surface area contributed by atoms with E-state index in [0.29, 0.717) is 24.8 Å². The van der Waals surface area contributed by atoms with Crippen molar-refractivity contribution in [3.63, 3.8) is 0 Å². The molecule has 25 heavy (non-hydrogen) atoms. The number of nitrogens with zero attached hydrogens (tertiary/aromatic N) is 1. The molecule has 1 amide bonds. The van der Waals surface area contributed by atoms with Crippen LogP contribution in [0.4, 0.5) is 8.78 Å². The van der Waals surface area contributed by atoms with Crippen molar-refractivity contribution in [3.05, 3.63) is 35.6 Å². The lowest BCUT2D eigenvalue weighted by Crippen LogP contribution is -2.46. The molecule has 1 aliphatic heterocycles. The summed E-state index contributed by atoms with van der Waals surface area (Å²) in [4.78, 5) is 26.6. The summed E-state index contributed by atoms with van der Waals surface area (Å²) < 4.78 is 32.5. The smallest absolute Gasteiger partial charge is 0.308 e. The van der Waals surface area contributed by atoms with Gasteiger partial charge in [0.1, 0.15) is 12.0 Å². The van der Waals surface area contributed by atoms with E-state index in [1.807, 2.05) is 0 Å². The van der Waals surface area contributed by atoms with Crippen molar-refractivity contribution in [3.8, 4) is 0 Å². The molecule has 3 atom stereocenters. The number of amides is 1. The highest BCUT2D eigenvalue weighted by Crippen LogP contribution is 2.63. The van der Waals surface area contributed by atoms with E-state index in [1.54, 1.807) is 17.0 Å². The van der Waals surface area contributed by atoms with E-state index in [2.05, 4.69) is 0 Å². The fraction of sp³-hybridized carbons (Fsp3) is 0.579. The molecule has 4 nitrogen and oxygen atoms in total. The molecule has 134 valence electrons. The van der Waals surface area contributed by atoms with Gasteiger partial charge in [-0.15, -0.1) is 0 Å². The summed E-state index contributed by atoms with van der Waals surface area (Å²) in [5.74, 6) is -0.785. The Balaban J connectivity index is 1.56. The Morgan fingerprint density at radius 1 is 1.28 bits per heavy atom. The van der Waals surface area contributed by atoms with Crippen LogP contribution in [0.1, 0.15) is 37.3 Å². The number of rotatable bonds is 3. The quantitative estimate of drug-likeness (QED) is 0.788. The molecule has 4 fully saturated rings. The number of alkyl halides is 1. The Hall–Kier alpha value is -1.98. The second kappa shape index (κ2) is 5.78. The zero-order valence-corrected chi connectivity index (χ0v) is 14.1. The Morgan fingerprint density at radius 3 is 2.72 bits per heavy atom. The number of methoxy groups -OCH3 is 1. The number of halogens is 2. The molecule has 2 bridgehead atoms. The van der Waals surface area contributed by atoms with Gasteiger partial charge >= 0.3 is 5.97 Å². The zero-order valence-electron chi connectivity index (χ0n) is 14.1. The number of carbonyl (C=O) groups excluding carboxylic acids is 2. The molecule has 3 saturated carbocycles. The van der Waals surface area contributed by atoms with Crippen molar-refractivity contribution < 1.29 is 23.1 Å². The van der Waals surface area contributed by atoms with Crippen LogP contribution in [-0.2, 0) is 14.3 Å². The van der Waals surface area contributed by atoms with Crippen LogP contribution >= 0.6 is 0 Å². The molecule has 6 heteroatoms. The van der Waals surface area contributed by atoms with Crippen molar-refractivity contribution >= 4 is 11.9 Å². The topological polar surface area (TPSA) is 46.6 Å². The molecular formula is C19H21F2NO3. The number of ether oxygens (including phenoxy) is 1. The number of carbonyl (C=O) groups is 2. The van der Waals surface area contributed by atoms with Crippen molar-refractivity contribution in [1.82, 2.24) is 4.90 Å². The Labute approximate surface area is 145 Å². The van der Waals surface area contributed by atoms with Crippen LogP contribution in [0.3, 0.4) is 0 Å². The fourth-order valence-electron chi connectivity index (χ4n) is 5.02. The van der Waals surface area contributed by atoms with Gasteiger partial charge in [0, 0.05) is 6.42 Å². The van der Waals surface area contributed by atoms with E-state index in [-0.39, 0.29) is 42.5 Å². The van der Waals surface area contributed by atoms with E-state index in [0.717, 1.165) is 0 Å². The van der Waals surface area contributed by atoms with E-state index in [1.165, 1.54) is 19.2 Å². The molecule has 3 unspecified atom stereocenters. The molecule has 3 aliphatic carbocycles. The third-order valence-electron chi connectivity index (χ3n) is 6.19. The standard InChI is InChI=1S/C19H21F2NO3/c1-25-17(23)15-9-19(7-12(15)8-19)18(24)22-10-14(21)6-16(22)11-3-2-4-13(20)5-11/h2-5,12,14-16H,6-10H2,1H3. The minimum atomic E-state index is -1.11. The lowest BCUT2D eigenvalue weighted by molar-refractivity contribution is -0.148. The second-order valence-corrected chi connectivity index (χ2v) is 7.64. The van der Waals surface area contributed by atoms with Crippen molar-refractivity contribution in [2.45, 2.75) is 37.9 Å². The maximum Gasteiger partial charge on any atom is 0.308 e. The minimum Gasteiger partial charge on any atom is -0.469 e. The van der Waals surface area contributed by atoms with Gasteiger partial charge in [0.15, 0.2) is 0 Å². The summed E-state index contributed by atoms with van der Waals surface area (Å²) in [6.45, 7) is 0.0370. The van der Waals surface area contributed by atoms with Gasteiger partial charge in [-0.3, -0.25) is 9.59 Å². The van der Waals surface area contributed by atoms with Gasteiger partial charge in [0.25, 0.3) is 0 Å². The van der Waals surface area contributed by atoms with Crippen LogP contribution in [0.2, 0.25) is 0 Å². The number of esters is 1. The normalized spacial score (nSPS) is 36.2. The predicted molar refractivity (Wildman–Crippen MR) is 85.6 cm³/mol. The van der Waals surface area contributed by atoms with E-state index in [9.17, 15) is 18.4 Å². The number of fused-ring (bicyclic) bond motifs is 1. The highest BCUT2D eigenvalue weighted by molar-refractivity contribution is 5.87. The Morgan fingerprint density at radius 2 is 2.04 bits per heavy atom. The summed E-state index contributed by atoms with van der Waals surface area (Å²) in [5.41, 5.74) is 0.0578. The van der Waals surface area contributed by atoms with E-state index < -0.39 is 17.6 Å². The van der Waals surface area contributed by atoms with Gasteiger partial charge in [-0.2, -0.15) is 0 Å². The van der Waals surface area contributed by atoms with Gasteiger partial charge in [0.2, 0.25) is 5.91 Å². The molecule has 1 heterocycles. The summed E-state index contributed by atoms with van der Waals surface area (Å²) in [7, 11) is 1.36. The maximum absolute atomic E-state index is 14.1. The second-order valence-electron chi connectivity index (χ2n) is 7.64. The van der Waals surface area contributed by atoms with Crippen LogP contribution < -0.4 is 0 Å². The van der Waals surface area contributed by atoms with Crippen LogP contribution in [0.25, 0.3) is 0 Å². The number of benzene rings is 1. The molecule has 0 N–H and O–H groups in total. The van der Waals surface area contributed by atoms with E-state index in [4.69, 9.17) is 4.74 Å². The molecule has 1 aromatic carbocycles. The molecule has 0 aromatic heterocycles. The van der Waals surface area contributed by atoms with Crippen molar-refractivity contribution in [1.29, 1.82) is 0 Å². The highest BCUT2D eigenvalue weighted by Gasteiger charge is 2.64. The van der Waals surface area contributed by atoms with Gasteiger partial charge in [-0.05, 0) is 42.9 Å². The van der Waals surface area contributed by atoms with Crippen LogP contribution in [0.5, 0.6) is 0 Å². The first-order valence-electron chi connectivity index (χ1n) is 8.72. The highest BCUT2D eigenvalue weighted by atomic mass is 19.1. The molecule has 0 spiro atoms. The number of likely N-dealkylation sites (tertiary alicyclic amines) is 1. The van der Waals surface area contributed by atoms with Gasteiger partial charge in [-0.25, -0.2) is 8.78 Å². The lowest BCUT2D eigenvalue weighted by Gasteiger charge is -2.41. The third-order valence-corrected chi connectivity index (χ3v) is 6.19. The monoisotopic (exact) mass is 349 g/mol. The van der Waals surface area contributed by atoms with E-state index >= 15 is 0 Å². The fourth-order valence-corrected chi connectivity index (χ4v) is 5.02. The minimum absolute atomic E-state index is 0.0370. The first-order chi connectivity index (χ1) is 11.9. The zero-order chi connectivity index (χ0) is 17.8. The molecule has 1 saturated heterocycles. The number of hydrogen-bond donors (Lipinski definition) is 0. The first kappa shape index (κ1) is 16.5. The summed E-state index contributed by atoms with van der Waals surface area (Å²) in [6, 6.07) is 5.59. The molecule has 0 radical (unpaired) electrons. The largest absolute Gasteiger partial charge is 0.469 e. The van der Waals surface area contributed by atoms with Gasteiger partial charge < -0.3 is 9.64 Å². The predicted octanol–water partition coefficient (Wildman–Crippen LogP) is 3.03. The Kier molecular flexibility index (Phi) is 3.81. The summed E-state index contributed by atoms with van der Waals surface area (Å²) >= 11 is 0. The number of hydrogen-bond acceptors (Lipinski definition) is 3. The van der Waals surface area contributed by atoms with Crippen molar-refractivity contribution in [2.75, 3.05) is 13.7 Å². The summed E-state index contributed by atoms with van der Waals surface area (Å²) in [6.07, 6.45) is 0.883. The average Bonchev–Trinajstić information content (AvgIpc) is 3.24. The van der Waals surface area contributed by atoms with Gasteiger partial charge in [-0.1, -0.05) is 12.1 Å². The molecule has 5 rings (SSSR count). The molecule has 4 aliphatic rings. The third kappa shape index (κ3) is 2.53. The van der Waals surface area contributed by atoms with Crippen LogP contribution in [0.15, 0.2) is 24.3 Å². The van der Waals surface area contributed by atoms with Gasteiger partial charge in [0.05, 0.1) is 31.0 Å². The molecular weight excluding hydrogens is 328 g/mol. The first-order valence-corrected chi connectivity index (χ1v) is 8.72. The molecule has 1 aromatic rings. The SMILES string of the molecule is COC(=O)C1CC2(C(=O)N3CC(F)CC3c3cccc(F)c3)CC1C2. The van der Waals surface area contributed by atoms with Crippen LogP contribution in [0, 0.1) is 23.1 Å². The van der Waals surface area contributed by atoms with Crippen LogP contribution in [-0.4, -0.2) is 36.6 Å². The Bertz CT molecular complexity index is 716. The van der Waals surface area contributed by atoms with Crippen molar-refractivity contribution in [2.24, 2.45) is 17.3 Å². The average molecular weight is 349 g/mol. The lowest BCUT2D eigenvalue weighted by atomic mass is 9.68. The maximum atomic E-state index is 14.1.